The predicted octanol–water partition coefficient (Wildman–Crippen LogP) is 3.39. The van der Waals surface area contributed by atoms with Gasteiger partial charge in [0.15, 0.2) is 0 Å². The third kappa shape index (κ3) is 5.75. The van der Waals surface area contributed by atoms with E-state index in [1.54, 1.807) is 37.3 Å². The van der Waals surface area contributed by atoms with Gasteiger partial charge in [-0.25, -0.2) is 14.4 Å². The average Bonchev–Trinajstić information content (AvgIpc) is 2.82. The maximum atomic E-state index is 12.8. The number of esters is 2. The average molecular weight is 475 g/mol. The normalized spacial score (nSPS) is 15.3. The van der Waals surface area contributed by atoms with Crippen LogP contribution in [-0.2, 0) is 14.3 Å². The summed E-state index contributed by atoms with van der Waals surface area (Å²) in [5.74, 6) is -0.533. The summed E-state index contributed by atoms with van der Waals surface area (Å²) >= 11 is 5.96. The molecule has 0 aliphatic carbocycles. The quantitative estimate of drug-likeness (QED) is 0.564. The Morgan fingerprint density at radius 2 is 1.61 bits per heavy atom. The molecular weight excluding hydrogens is 452 g/mol. The number of benzene rings is 2. The van der Waals surface area contributed by atoms with Gasteiger partial charge in [0.2, 0.25) is 0 Å². The lowest BCUT2D eigenvalue weighted by atomic mass is 9.95. The second kappa shape index (κ2) is 10.7. The Morgan fingerprint density at radius 3 is 2.18 bits per heavy atom. The molecule has 2 aromatic rings. The number of nitrogens with one attached hydrogen (secondary N) is 2. The lowest BCUT2D eigenvalue weighted by Crippen LogP contribution is -2.47. The molecule has 174 valence electrons. The first-order valence-electron chi connectivity index (χ1n) is 9.99. The van der Waals surface area contributed by atoms with E-state index < -0.39 is 24.0 Å². The summed E-state index contributed by atoms with van der Waals surface area (Å²) < 4.78 is 20.9. The van der Waals surface area contributed by atoms with Crippen LogP contribution in [0.2, 0.25) is 5.02 Å². The summed E-state index contributed by atoms with van der Waals surface area (Å²) in [7, 11) is 2.92. The molecule has 1 heterocycles. The van der Waals surface area contributed by atoms with Crippen LogP contribution in [-0.4, -0.2) is 45.4 Å². The number of rotatable bonds is 8. The Balaban J connectivity index is 1.92. The van der Waals surface area contributed by atoms with Crippen LogP contribution in [0.4, 0.5) is 4.79 Å². The Hall–Kier alpha value is -3.72. The van der Waals surface area contributed by atoms with Crippen LogP contribution < -0.4 is 20.1 Å². The van der Waals surface area contributed by atoms with E-state index in [1.165, 1.54) is 26.4 Å². The molecule has 0 spiro atoms. The second-order valence-electron chi connectivity index (χ2n) is 6.87. The molecular formula is C23H23ClN2O7. The number of hydrogen-bond donors (Lipinski definition) is 2. The van der Waals surface area contributed by atoms with Crippen LogP contribution in [0.3, 0.4) is 0 Å². The molecule has 1 aliphatic rings. The first-order valence-corrected chi connectivity index (χ1v) is 10.4. The maximum absolute atomic E-state index is 12.8. The van der Waals surface area contributed by atoms with E-state index in [1.807, 2.05) is 0 Å². The van der Waals surface area contributed by atoms with Gasteiger partial charge in [-0.05, 0) is 36.8 Å². The molecule has 9 nitrogen and oxygen atoms in total. The molecule has 0 saturated carbocycles. The van der Waals surface area contributed by atoms with Crippen molar-refractivity contribution in [2.24, 2.45) is 0 Å². The zero-order valence-corrected chi connectivity index (χ0v) is 19.0. The van der Waals surface area contributed by atoms with Crippen molar-refractivity contribution in [3.63, 3.8) is 0 Å². The van der Waals surface area contributed by atoms with Crippen LogP contribution in [0.15, 0.2) is 53.7 Å². The van der Waals surface area contributed by atoms with E-state index in [0.29, 0.717) is 22.1 Å². The van der Waals surface area contributed by atoms with E-state index in [-0.39, 0.29) is 30.0 Å². The number of hydrogen-bond acceptors (Lipinski definition) is 7. The van der Waals surface area contributed by atoms with E-state index in [4.69, 9.17) is 30.5 Å². The maximum Gasteiger partial charge on any atom is 0.338 e. The highest BCUT2D eigenvalue weighted by atomic mass is 35.5. The van der Waals surface area contributed by atoms with E-state index in [9.17, 15) is 14.4 Å². The minimum atomic E-state index is -0.819. The van der Waals surface area contributed by atoms with Gasteiger partial charge in [-0.15, -0.1) is 0 Å². The van der Waals surface area contributed by atoms with Crippen molar-refractivity contribution in [1.29, 1.82) is 0 Å². The molecule has 2 N–H and O–H groups in total. The Labute approximate surface area is 195 Å². The Bertz CT molecular complexity index is 1060. The van der Waals surface area contributed by atoms with Gasteiger partial charge in [-0.1, -0.05) is 23.7 Å². The van der Waals surface area contributed by atoms with Gasteiger partial charge < -0.3 is 29.6 Å². The van der Waals surface area contributed by atoms with Crippen LogP contribution in [0.5, 0.6) is 11.5 Å². The van der Waals surface area contributed by atoms with Crippen molar-refractivity contribution in [3.05, 3.63) is 69.9 Å². The molecule has 1 atom stereocenters. The molecule has 1 aliphatic heterocycles. The van der Waals surface area contributed by atoms with Crippen molar-refractivity contribution < 1.29 is 33.3 Å². The van der Waals surface area contributed by atoms with Gasteiger partial charge in [0.1, 0.15) is 18.1 Å². The smallest absolute Gasteiger partial charge is 0.338 e. The van der Waals surface area contributed by atoms with E-state index in [2.05, 4.69) is 10.6 Å². The van der Waals surface area contributed by atoms with Gasteiger partial charge in [0.25, 0.3) is 0 Å². The van der Waals surface area contributed by atoms with Gasteiger partial charge in [-0.3, -0.25) is 0 Å². The highest BCUT2D eigenvalue weighted by Gasteiger charge is 2.34. The lowest BCUT2D eigenvalue weighted by molar-refractivity contribution is -0.139. The van der Waals surface area contributed by atoms with Crippen molar-refractivity contribution in [3.8, 4) is 11.5 Å². The van der Waals surface area contributed by atoms with Crippen molar-refractivity contribution in [1.82, 2.24) is 10.6 Å². The SMILES string of the molecule is CCOC(=O)C1=C(COC(=O)c2cc(OC)cc(OC)c2)NC(=O)N[C@H]1c1ccc(Cl)cc1. The van der Waals surface area contributed by atoms with Crippen molar-refractivity contribution >= 4 is 29.6 Å². The van der Waals surface area contributed by atoms with Crippen LogP contribution in [0.25, 0.3) is 0 Å². The van der Waals surface area contributed by atoms with Crippen molar-refractivity contribution in [2.45, 2.75) is 13.0 Å². The summed E-state index contributed by atoms with van der Waals surface area (Å²) in [6.45, 7) is 1.42. The zero-order valence-electron chi connectivity index (χ0n) is 18.3. The Kier molecular flexibility index (Phi) is 7.78. The fourth-order valence-corrected chi connectivity index (χ4v) is 3.36. The Morgan fingerprint density at radius 1 is 0.970 bits per heavy atom. The van der Waals surface area contributed by atoms with Gasteiger partial charge in [-0.2, -0.15) is 0 Å². The fourth-order valence-electron chi connectivity index (χ4n) is 3.23. The van der Waals surface area contributed by atoms with Crippen LogP contribution in [0, 0.1) is 0 Å². The minimum Gasteiger partial charge on any atom is -0.497 e. The molecule has 2 aromatic carbocycles. The lowest BCUT2D eigenvalue weighted by Gasteiger charge is -2.29. The molecule has 33 heavy (non-hydrogen) atoms. The fraction of sp³-hybridized carbons (Fsp3) is 0.261. The third-order valence-corrected chi connectivity index (χ3v) is 5.04. The first-order chi connectivity index (χ1) is 15.9. The van der Waals surface area contributed by atoms with E-state index >= 15 is 0 Å². The first kappa shape index (κ1) is 23.9. The highest BCUT2D eigenvalue weighted by Crippen LogP contribution is 2.29. The van der Waals surface area contributed by atoms with Gasteiger partial charge in [0, 0.05) is 11.1 Å². The molecule has 0 radical (unpaired) electrons. The summed E-state index contributed by atoms with van der Waals surface area (Å²) in [6, 6.07) is 9.87. The number of ether oxygens (including phenoxy) is 4. The summed E-state index contributed by atoms with van der Waals surface area (Å²) in [5, 5.41) is 5.74. The molecule has 0 aromatic heterocycles. The van der Waals surface area contributed by atoms with E-state index in [0.717, 1.165) is 0 Å². The van der Waals surface area contributed by atoms with Crippen molar-refractivity contribution in [2.75, 3.05) is 27.4 Å². The van der Waals surface area contributed by atoms with Crippen LogP contribution in [0.1, 0.15) is 28.9 Å². The molecule has 0 fully saturated rings. The molecule has 3 rings (SSSR count). The standard InChI is InChI=1S/C23H23ClN2O7/c1-4-32-22(28)19-18(25-23(29)26-20(19)13-5-7-15(24)8-6-13)12-33-21(27)14-9-16(30-2)11-17(10-14)31-3/h5-11,20H,4,12H2,1-3H3,(H2,25,26,29)/t20-/m0/s1. The number of methoxy groups -OCH3 is 2. The number of amides is 2. The zero-order chi connectivity index (χ0) is 24.0. The summed E-state index contributed by atoms with van der Waals surface area (Å²) in [6.07, 6.45) is 0. The molecule has 0 unspecified atom stereocenters. The number of halogens is 1. The third-order valence-electron chi connectivity index (χ3n) is 4.79. The number of carbonyl (C=O) groups is 3. The molecule has 10 heteroatoms. The number of urea groups is 1. The van der Waals surface area contributed by atoms with Gasteiger partial charge in [0.05, 0.1) is 43.7 Å². The second-order valence-corrected chi connectivity index (χ2v) is 7.31. The topological polar surface area (TPSA) is 112 Å². The highest BCUT2D eigenvalue weighted by molar-refractivity contribution is 6.30. The monoisotopic (exact) mass is 474 g/mol. The number of carbonyl (C=O) groups excluding carboxylic acids is 3. The largest absolute Gasteiger partial charge is 0.497 e. The molecule has 0 saturated heterocycles. The molecule has 0 bridgehead atoms. The minimum absolute atomic E-state index is 0.111. The van der Waals surface area contributed by atoms with Crippen LogP contribution >= 0.6 is 11.6 Å². The predicted molar refractivity (Wildman–Crippen MR) is 119 cm³/mol. The summed E-state index contributed by atoms with van der Waals surface area (Å²) in [4.78, 5) is 37.8. The summed E-state index contributed by atoms with van der Waals surface area (Å²) in [5.41, 5.74) is 1.02. The molecule has 2 amide bonds. The van der Waals surface area contributed by atoms with Gasteiger partial charge >= 0.3 is 18.0 Å².